The van der Waals surface area contributed by atoms with Gasteiger partial charge in [-0.25, -0.2) is 0 Å². The van der Waals surface area contributed by atoms with Crippen LogP contribution in [-0.4, -0.2) is 101 Å². The van der Waals surface area contributed by atoms with Crippen LogP contribution in [-0.2, 0) is 24.4 Å². The number of rotatable bonds is 18. The molecule has 0 aromatic rings. The SMILES string of the molecule is CCCCCCCCCCCCCCCOC(=O)C(CC(=O)O)S(=O)(=O)O.[NaH].[NaH]. The summed E-state index contributed by atoms with van der Waals surface area (Å²) in [7, 11) is -4.78. The van der Waals surface area contributed by atoms with E-state index in [2.05, 4.69) is 6.92 Å². The second-order valence-corrected chi connectivity index (χ2v) is 8.61. The van der Waals surface area contributed by atoms with Crippen LogP contribution in [0.15, 0.2) is 0 Å². The molecule has 0 aliphatic carbocycles. The average Bonchev–Trinajstić information content (AvgIpc) is 2.58. The number of aliphatic carboxylic acids is 1. The standard InChI is InChI=1S/C19H36O7S.2Na.2H/c1-2-3-4-5-6-7-8-9-10-11-12-13-14-15-26-19(22)17(16-18(20)21)27(23,24)25;;;;/h17H,2-16H2,1H3,(H,20,21)(H,23,24,25);;;;. The van der Waals surface area contributed by atoms with E-state index >= 15 is 0 Å². The third-order valence-electron chi connectivity index (χ3n) is 4.47. The number of hydrogen-bond acceptors (Lipinski definition) is 5. The van der Waals surface area contributed by atoms with E-state index in [4.69, 9.17) is 14.4 Å². The van der Waals surface area contributed by atoms with E-state index in [9.17, 15) is 18.0 Å². The number of carbonyl (C=O) groups excluding carboxylic acids is 1. The number of hydrogen-bond donors (Lipinski definition) is 2. The van der Waals surface area contributed by atoms with E-state index in [1.807, 2.05) is 0 Å². The first kappa shape index (κ1) is 34.5. The Morgan fingerprint density at radius 3 is 1.52 bits per heavy atom. The zero-order valence-electron chi connectivity index (χ0n) is 16.5. The molecule has 0 spiro atoms. The first-order chi connectivity index (χ1) is 12.8. The molecule has 0 aliphatic rings. The van der Waals surface area contributed by atoms with Crippen LogP contribution >= 0.6 is 0 Å². The molecule has 164 valence electrons. The van der Waals surface area contributed by atoms with Gasteiger partial charge in [-0.3, -0.25) is 14.1 Å². The van der Waals surface area contributed by atoms with Crippen molar-refractivity contribution in [3.63, 3.8) is 0 Å². The fraction of sp³-hybridized carbons (Fsp3) is 0.895. The molecule has 0 radical (unpaired) electrons. The molecule has 1 unspecified atom stereocenters. The molecular weight excluding hydrogens is 418 g/mol. The van der Waals surface area contributed by atoms with Gasteiger partial charge in [0.2, 0.25) is 0 Å². The van der Waals surface area contributed by atoms with E-state index in [0.29, 0.717) is 6.42 Å². The summed E-state index contributed by atoms with van der Waals surface area (Å²) in [6.45, 7) is 2.25. The molecule has 7 nitrogen and oxygen atoms in total. The summed E-state index contributed by atoms with van der Waals surface area (Å²) in [5.74, 6) is -2.70. The Balaban J connectivity index is -0.00000338. The van der Waals surface area contributed by atoms with Gasteiger partial charge in [0.25, 0.3) is 10.1 Å². The molecule has 0 rings (SSSR count). The predicted octanol–water partition coefficient (Wildman–Crippen LogP) is 3.05. The van der Waals surface area contributed by atoms with E-state index in [1.165, 1.54) is 57.8 Å². The van der Waals surface area contributed by atoms with Crippen LogP contribution < -0.4 is 0 Å². The van der Waals surface area contributed by atoms with Crippen molar-refractivity contribution in [1.82, 2.24) is 0 Å². The molecule has 0 saturated carbocycles. The predicted molar refractivity (Wildman–Crippen MR) is 119 cm³/mol. The van der Waals surface area contributed by atoms with Gasteiger partial charge in [-0.2, -0.15) is 8.42 Å². The van der Waals surface area contributed by atoms with Crippen molar-refractivity contribution < 1.29 is 32.4 Å². The number of ether oxygens (including phenoxy) is 1. The normalized spacial score (nSPS) is 11.8. The van der Waals surface area contributed by atoms with Crippen LogP contribution in [0.3, 0.4) is 0 Å². The summed E-state index contributed by atoms with van der Waals surface area (Å²) >= 11 is 0. The van der Waals surface area contributed by atoms with Gasteiger partial charge in [0.05, 0.1) is 13.0 Å². The Kier molecular flexibility index (Phi) is 26.2. The molecule has 0 aromatic carbocycles. The van der Waals surface area contributed by atoms with Gasteiger partial charge in [-0.05, 0) is 6.42 Å². The van der Waals surface area contributed by atoms with Crippen LogP contribution in [0.5, 0.6) is 0 Å². The van der Waals surface area contributed by atoms with Gasteiger partial charge >= 0.3 is 71.1 Å². The van der Waals surface area contributed by atoms with Gasteiger partial charge in [0.15, 0.2) is 5.25 Å². The first-order valence-corrected chi connectivity index (χ1v) is 11.6. The summed E-state index contributed by atoms with van der Waals surface area (Å²) in [5, 5.41) is 6.55. The molecular formula is C19H38Na2O7S. The zero-order chi connectivity index (χ0) is 20.5. The quantitative estimate of drug-likeness (QED) is 0.141. The van der Waals surface area contributed by atoms with Gasteiger partial charge < -0.3 is 9.84 Å². The minimum atomic E-state index is -4.78. The summed E-state index contributed by atoms with van der Waals surface area (Å²) in [6, 6.07) is 0. The van der Waals surface area contributed by atoms with Crippen molar-refractivity contribution in [2.45, 2.75) is 102 Å². The summed E-state index contributed by atoms with van der Waals surface area (Å²) in [6.07, 6.45) is 14.3. The Morgan fingerprint density at radius 1 is 0.793 bits per heavy atom. The summed E-state index contributed by atoms with van der Waals surface area (Å²) in [4.78, 5) is 22.2. The maximum absolute atomic E-state index is 11.6. The zero-order valence-corrected chi connectivity index (χ0v) is 17.3. The number of esters is 1. The van der Waals surface area contributed by atoms with E-state index in [-0.39, 0.29) is 65.7 Å². The van der Waals surface area contributed by atoms with Gasteiger partial charge in [0, 0.05) is 0 Å². The fourth-order valence-electron chi connectivity index (χ4n) is 2.85. The van der Waals surface area contributed by atoms with Crippen LogP contribution in [0.2, 0.25) is 0 Å². The van der Waals surface area contributed by atoms with Crippen LogP contribution in [0.25, 0.3) is 0 Å². The van der Waals surface area contributed by atoms with E-state index in [0.717, 1.165) is 19.3 Å². The average molecular weight is 457 g/mol. The fourth-order valence-corrected chi connectivity index (χ4v) is 3.52. The summed E-state index contributed by atoms with van der Waals surface area (Å²) < 4.78 is 35.8. The molecule has 0 amide bonds. The Bertz CT molecular complexity index is 513. The molecule has 2 N–H and O–H groups in total. The van der Waals surface area contributed by atoms with Gasteiger partial charge in [0.1, 0.15) is 0 Å². The molecule has 29 heavy (non-hydrogen) atoms. The third kappa shape index (κ3) is 21.9. The molecule has 1 atom stereocenters. The second-order valence-electron chi connectivity index (χ2n) is 7.01. The Morgan fingerprint density at radius 2 is 1.17 bits per heavy atom. The van der Waals surface area contributed by atoms with Crippen LogP contribution in [0.1, 0.15) is 96.8 Å². The van der Waals surface area contributed by atoms with Crippen molar-refractivity contribution in [3.05, 3.63) is 0 Å². The van der Waals surface area contributed by atoms with Gasteiger partial charge in [-0.15, -0.1) is 0 Å². The van der Waals surface area contributed by atoms with E-state index in [1.54, 1.807) is 0 Å². The molecule has 0 aliphatic heterocycles. The van der Waals surface area contributed by atoms with Gasteiger partial charge in [-0.1, -0.05) is 84.0 Å². The molecule has 0 saturated heterocycles. The number of unbranched alkanes of at least 4 members (excludes halogenated alkanes) is 12. The molecule has 0 fully saturated rings. The molecule has 0 heterocycles. The van der Waals surface area contributed by atoms with Crippen molar-refractivity contribution in [3.8, 4) is 0 Å². The third-order valence-corrected chi connectivity index (χ3v) is 5.55. The van der Waals surface area contributed by atoms with Crippen molar-refractivity contribution in [1.29, 1.82) is 0 Å². The van der Waals surface area contributed by atoms with E-state index < -0.39 is 33.7 Å². The number of carboxylic acid groups (broad SMARTS) is 1. The molecule has 10 heteroatoms. The Hall–Kier alpha value is 0.850. The topological polar surface area (TPSA) is 118 Å². The van der Waals surface area contributed by atoms with Crippen LogP contribution in [0, 0.1) is 0 Å². The minimum absolute atomic E-state index is 0. The monoisotopic (exact) mass is 456 g/mol. The number of carboxylic acids is 1. The van der Waals surface area contributed by atoms with Crippen molar-refractivity contribution >= 4 is 81.2 Å². The van der Waals surface area contributed by atoms with Crippen molar-refractivity contribution in [2.24, 2.45) is 0 Å². The second kappa shape index (κ2) is 22.1. The molecule has 0 bridgehead atoms. The van der Waals surface area contributed by atoms with Crippen LogP contribution in [0.4, 0.5) is 0 Å². The molecule has 0 aromatic heterocycles. The Labute approximate surface area is 220 Å². The maximum atomic E-state index is 11.6. The first-order valence-electron chi connectivity index (χ1n) is 10.1. The summed E-state index contributed by atoms with van der Waals surface area (Å²) in [5.41, 5.74) is 0. The number of carbonyl (C=O) groups is 2. The van der Waals surface area contributed by atoms with Crippen molar-refractivity contribution in [2.75, 3.05) is 6.61 Å².